The van der Waals surface area contributed by atoms with Crippen LogP contribution in [0.3, 0.4) is 0 Å². The SMILES string of the molecule is Cc1cnc(C(C)(C)NC(=O)N[C@H]2CCc3ccc(F)cc32)s1. The zero-order valence-corrected chi connectivity index (χ0v) is 14.3. The molecule has 23 heavy (non-hydrogen) atoms. The third-order valence-corrected chi connectivity index (χ3v) is 5.31. The summed E-state index contributed by atoms with van der Waals surface area (Å²) >= 11 is 1.57. The number of amides is 2. The van der Waals surface area contributed by atoms with Crippen molar-refractivity contribution in [3.63, 3.8) is 0 Å². The van der Waals surface area contributed by atoms with E-state index in [1.165, 1.54) is 12.1 Å². The number of carbonyl (C=O) groups excluding carboxylic acids is 1. The molecular formula is C17H20FN3OS. The van der Waals surface area contributed by atoms with E-state index in [1.54, 1.807) is 23.6 Å². The van der Waals surface area contributed by atoms with Crippen LogP contribution in [0, 0.1) is 12.7 Å². The zero-order chi connectivity index (χ0) is 16.6. The molecule has 0 aliphatic heterocycles. The first-order valence-electron chi connectivity index (χ1n) is 7.65. The minimum Gasteiger partial charge on any atom is -0.331 e. The lowest BCUT2D eigenvalue weighted by molar-refractivity contribution is 0.226. The third kappa shape index (κ3) is 3.37. The van der Waals surface area contributed by atoms with Gasteiger partial charge in [-0.15, -0.1) is 11.3 Å². The molecule has 0 unspecified atom stereocenters. The lowest BCUT2D eigenvalue weighted by Crippen LogP contribution is -2.47. The van der Waals surface area contributed by atoms with E-state index < -0.39 is 5.54 Å². The van der Waals surface area contributed by atoms with Crippen molar-refractivity contribution >= 4 is 17.4 Å². The fourth-order valence-electron chi connectivity index (χ4n) is 2.90. The lowest BCUT2D eigenvalue weighted by atomic mass is 10.1. The Labute approximate surface area is 139 Å². The molecule has 0 saturated carbocycles. The maximum atomic E-state index is 13.4. The van der Waals surface area contributed by atoms with E-state index in [9.17, 15) is 9.18 Å². The van der Waals surface area contributed by atoms with Crippen LogP contribution in [-0.2, 0) is 12.0 Å². The normalized spacial score (nSPS) is 17.0. The van der Waals surface area contributed by atoms with E-state index in [0.717, 1.165) is 33.9 Å². The maximum Gasteiger partial charge on any atom is 0.316 e. The fourth-order valence-corrected chi connectivity index (χ4v) is 3.72. The van der Waals surface area contributed by atoms with Crippen LogP contribution in [0.15, 0.2) is 24.4 Å². The summed E-state index contributed by atoms with van der Waals surface area (Å²) < 4.78 is 13.4. The molecule has 3 rings (SSSR count). The van der Waals surface area contributed by atoms with Gasteiger partial charge in [0, 0.05) is 11.1 Å². The average Bonchev–Trinajstić information content (AvgIpc) is 3.06. The summed E-state index contributed by atoms with van der Waals surface area (Å²) in [7, 11) is 0. The number of thiazole rings is 1. The van der Waals surface area contributed by atoms with Crippen LogP contribution in [-0.4, -0.2) is 11.0 Å². The minimum atomic E-state index is -0.549. The molecule has 1 aromatic heterocycles. The Hall–Kier alpha value is -1.95. The van der Waals surface area contributed by atoms with Gasteiger partial charge in [0.05, 0.1) is 11.6 Å². The standard InChI is InChI=1S/C17H20FN3OS/c1-10-9-19-15(23-10)17(2,3)21-16(22)20-14-7-5-11-4-6-12(18)8-13(11)14/h4,6,8-9,14H,5,7H2,1-3H3,(H2,20,21,22)/t14-/m0/s1. The van der Waals surface area contributed by atoms with Gasteiger partial charge in [0.1, 0.15) is 10.8 Å². The number of hydrogen-bond acceptors (Lipinski definition) is 3. The summed E-state index contributed by atoms with van der Waals surface area (Å²) in [6.07, 6.45) is 3.45. The molecule has 2 N–H and O–H groups in total. The van der Waals surface area contributed by atoms with Gasteiger partial charge < -0.3 is 10.6 Å². The second-order valence-electron chi connectivity index (χ2n) is 6.43. The zero-order valence-electron chi connectivity index (χ0n) is 13.4. The highest BCUT2D eigenvalue weighted by Crippen LogP contribution is 2.32. The van der Waals surface area contributed by atoms with Crippen LogP contribution >= 0.6 is 11.3 Å². The summed E-state index contributed by atoms with van der Waals surface area (Å²) in [4.78, 5) is 17.8. The van der Waals surface area contributed by atoms with Crippen molar-refractivity contribution in [3.8, 4) is 0 Å². The van der Waals surface area contributed by atoms with Crippen LogP contribution in [0.2, 0.25) is 0 Å². The predicted octanol–water partition coefficient (Wildman–Crippen LogP) is 3.81. The highest BCUT2D eigenvalue weighted by atomic mass is 32.1. The monoisotopic (exact) mass is 333 g/mol. The third-order valence-electron chi connectivity index (χ3n) is 4.07. The van der Waals surface area contributed by atoms with E-state index in [-0.39, 0.29) is 17.9 Å². The molecule has 1 aliphatic rings. The first-order chi connectivity index (χ1) is 10.8. The number of halogens is 1. The summed E-state index contributed by atoms with van der Waals surface area (Å²) in [5.41, 5.74) is 1.43. The van der Waals surface area contributed by atoms with Gasteiger partial charge in [0.25, 0.3) is 0 Å². The molecule has 0 radical (unpaired) electrons. The van der Waals surface area contributed by atoms with Gasteiger partial charge in [-0.05, 0) is 56.9 Å². The molecule has 2 aromatic rings. The van der Waals surface area contributed by atoms with Crippen LogP contribution in [0.5, 0.6) is 0 Å². The largest absolute Gasteiger partial charge is 0.331 e. The second kappa shape index (κ2) is 5.92. The number of rotatable bonds is 3. The number of benzene rings is 1. The number of carbonyl (C=O) groups is 1. The summed E-state index contributed by atoms with van der Waals surface area (Å²) in [5.74, 6) is -0.267. The Balaban J connectivity index is 1.68. The number of fused-ring (bicyclic) bond motifs is 1. The maximum absolute atomic E-state index is 13.4. The lowest BCUT2D eigenvalue weighted by Gasteiger charge is -2.25. The Morgan fingerprint density at radius 3 is 2.91 bits per heavy atom. The number of hydrogen-bond donors (Lipinski definition) is 2. The van der Waals surface area contributed by atoms with Crippen LogP contribution < -0.4 is 10.6 Å². The quantitative estimate of drug-likeness (QED) is 0.897. The van der Waals surface area contributed by atoms with Crippen molar-refractivity contribution in [2.45, 2.75) is 45.2 Å². The van der Waals surface area contributed by atoms with Crippen molar-refractivity contribution in [1.82, 2.24) is 15.6 Å². The molecule has 6 heteroatoms. The van der Waals surface area contributed by atoms with E-state index in [2.05, 4.69) is 15.6 Å². The number of nitrogens with one attached hydrogen (secondary N) is 2. The molecular weight excluding hydrogens is 313 g/mol. The number of aromatic nitrogens is 1. The topological polar surface area (TPSA) is 54.0 Å². The highest BCUT2D eigenvalue weighted by molar-refractivity contribution is 7.11. The Morgan fingerprint density at radius 1 is 1.43 bits per heavy atom. The van der Waals surface area contributed by atoms with Crippen molar-refractivity contribution < 1.29 is 9.18 Å². The molecule has 1 atom stereocenters. The number of aryl methyl sites for hydroxylation is 2. The van der Waals surface area contributed by atoms with E-state index in [1.807, 2.05) is 20.8 Å². The first-order valence-corrected chi connectivity index (χ1v) is 8.47. The molecule has 122 valence electrons. The average molecular weight is 333 g/mol. The Kier molecular flexibility index (Phi) is 4.10. The summed E-state index contributed by atoms with van der Waals surface area (Å²) in [5, 5.41) is 6.78. The second-order valence-corrected chi connectivity index (χ2v) is 7.67. The Bertz CT molecular complexity index is 741. The Morgan fingerprint density at radius 2 is 2.22 bits per heavy atom. The van der Waals surface area contributed by atoms with Crippen LogP contribution in [0.1, 0.15) is 47.3 Å². The van der Waals surface area contributed by atoms with Gasteiger partial charge in [0.15, 0.2) is 0 Å². The van der Waals surface area contributed by atoms with E-state index in [0.29, 0.717) is 0 Å². The van der Waals surface area contributed by atoms with Crippen molar-refractivity contribution in [1.29, 1.82) is 0 Å². The molecule has 0 saturated heterocycles. The molecule has 1 heterocycles. The molecule has 1 aliphatic carbocycles. The molecule has 0 bridgehead atoms. The number of urea groups is 1. The molecule has 2 amide bonds. The van der Waals surface area contributed by atoms with Crippen molar-refractivity contribution in [2.75, 3.05) is 0 Å². The van der Waals surface area contributed by atoms with Crippen LogP contribution in [0.4, 0.5) is 9.18 Å². The molecule has 0 spiro atoms. The molecule has 0 fully saturated rings. The van der Waals surface area contributed by atoms with Gasteiger partial charge in [-0.2, -0.15) is 0 Å². The van der Waals surface area contributed by atoms with Crippen molar-refractivity contribution in [2.24, 2.45) is 0 Å². The van der Waals surface area contributed by atoms with Crippen molar-refractivity contribution in [3.05, 3.63) is 51.2 Å². The summed E-state index contributed by atoms with van der Waals surface area (Å²) in [6, 6.07) is 4.38. The molecule has 1 aromatic carbocycles. The smallest absolute Gasteiger partial charge is 0.316 e. The van der Waals surface area contributed by atoms with E-state index >= 15 is 0 Å². The van der Waals surface area contributed by atoms with Gasteiger partial charge >= 0.3 is 6.03 Å². The predicted molar refractivity (Wildman–Crippen MR) is 89.0 cm³/mol. The number of nitrogens with zero attached hydrogens (tertiary/aromatic N) is 1. The molecule has 4 nitrogen and oxygen atoms in total. The van der Waals surface area contributed by atoms with E-state index in [4.69, 9.17) is 0 Å². The first kappa shape index (κ1) is 15.9. The van der Waals surface area contributed by atoms with Gasteiger partial charge in [0.2, 0.25) is 0 Å². The fraction of sp³-hybridized carbons (Fsp3) is 0.412. The minimum absolute atomic E-state index is 0.144. The van der Waals surface area contributed by atoms with Crippen LogP contribution in [0.25, 0.3) is 0 Å². The summed E-state index contributed by atoms with van der Waals surface area (Å²) in [6.45, 7) is 5.83. The highest BCUT2D eigenvalue weighted by Gasteiger charge is 2.29. The van der Waals surface area contributed by atoms with Gasteiger partial charge in [-0.1, -0.05) is 6.07 Å². The van der Waals surface area contributed by atoms with Gasteiger partial charge in [-0.25, -0.2) is 14.2 Å². The van der Waals surface area contributed by atoms with Gasteiger partial charge in [-0.3, -0.25) is 0 Å².